The second kappa shape index (κ2) is 7.63. The van der Waals surface area contributed by atoms with E-state index in [1.54, 1.807) is 0 Å². The zero-order chi connectivity index (χ0) is 16.9. The van der Waals surface area contributed by atoms with Crippen molar-refractivity contribution in [1.82, 2.24) is 4.98 Å². The van der Waals surface area contributed by atoms with Crippen LogP contribution in [0.25, 0.3) is 0 Å². The Bertz CT molecular complexity index is 543. The van der Waals surface area contributed by atoms with Crippen LogP contribution in [0.3, 0.4) is 0 Å². The van der Waals surface area contributed by atoms with Crippen LogP contribution in [-0.4, -0.2) is 31.2 Å². The monoisotopic (exact) mass is 332 g/mol. The van der Waals surface area contributed by atoms with Gasteiger partial charge in [-0.2, -0.15) is 13.2 Å². The first kappa shape index (κ1) is 17.5. The highest BCUT2D eigenvalue weighted by Gasteiger charge is 2.33. The number of alkyl halides is 3. The van der Waals surface area contributed by atoms with Crippen LogP contribution in [0.5, 0.6) is 5.75 Å². The van der Waals surface area contributed by atoms with E-state index in [-0.39, 0.29) is 23.8 Å². The van der Waals surface area contributed by atoms with Crippen molar-refractivity contribution in [2.75, 3.05) is 25.6 Å². The molecular formula is C15H19F3N2O3. The van der Waals surface area contributed by atoms with Gasteiger partial charge in [0.1, 0.15) is 17.1 Å². The molecule has 128 valence electrons. The maximum absolute atomic E-state index is 12.6. The van der Waals surface area contributed by atoms with Crippen LogP contribution in [0.15, 0.2) is 12.3 Å². The van der Waals surface area contributed by atoms with Gasteiger partial charge in [-0.3, -0.25) is 4.79 Å². The van der Waals surface area contributed by atoms with Gasteiger partial charge in [0.25, 0.3) is 0 Å². The molecule has 8 heteroatoms. The van der Waals surface area contributed by atoms with Gasteiger partial charge in [-0.1, -0.05) is 0 Å². The minimum absolute atomic E-state index is 0.0679. The number of halogens is 3. The number of amides is 1. The van der Waals surface area contributed by atoms with Crippen molar-refractivity contribution in [3.8, 4) is 5.75 Å². The molecule has 5 nitrogen and oxygen atoms in total. The number of pyridine rings is 1. The number of carbonyl (C=O) groups excluding carboxylic acids is 1. The number of ether oxygens (including phenoxy) is 2. The van der Waals surface area contributed by atoms with E-state index in [1.165, 1.54) is 7.11 Å². The van der Waals surface area contributed by atoms with Gasteiger partial charge in [0.15, 0.2) is 0 Å². The predicted molar refractivity (Wildman–Crippen MR) is 77.2 cm³/mol. The van der Waals surface area contributed by atoms with Gasteiger partial charge in [-0.25, -0.2) is 4.98 Å². The van der Waals surface area contributed by atoms with Crippen molar-refractivity contribution < 1.29 is 27.4 Å². The molecule has 1 saturated heterocycles. The van der Waals surface area contributed by atoms with Crippen LogP contribution in [0.4, 0.5) is 18.9 Å². The van der Waals surface area contributed by atoms with Crippen molar-refractivity contribution in [2.45, 2.75) is 31.9 Å². The van der Waals surface area contributed by atoms with Crippen LogP contribution in [0, 0.1) is 5.92 Å². The highest BCUT2D eigenvalue weighted by Crippen LogP contribution is 2.33. The Labute approximate surface area is 132 Å². The summed E-state index contributed by atoms with van der Waals surface area (Å²) in [6.07, 6.45) is -0.623. The Balaban J connectivity index is 1.94. The molecule has 0 aliphatic carbocycles. The number of methoxy groups -OCH3 is 1. The fourth-order valence-electron chi connectivity index (χ4n) is 2.44. The molecule has 1 aromatic heterocycles. The summed E-state index contributed by atoms with van der Waals surface area (Å²) >= 11 is 0. The first-order valence-electron chi connectivity index (χ1n) is 7.39. The lowest BCUT2D eigenvalue weighted by atomic mass is 9.97. The highest BCUT2D eigenvalue weighted by atomic mass is 19.4. The van der Waals surface area contributed by atoms with E-state index >= 15 is 0 Å². The molecule has 0 spiro atoms. The minimum Gasteiger partial charge on any atom is -0.494 e. The van der Waals surface area contributed by atoms with E-state index in [0.717, 1.165) is 31.7 Å². The Kier molecular flexibility index (Phi) is 5.81. The van der Waals surface area contributed by atoms with Crippen molar-refractivity contribution in [3.05, 3.63) is 18.0 Å². The van der Waals surface area contributed by atoms with Gasteiger partial charge in [0.05, 0.1) is 13.3 Å². The first-order valence-corrected chi connectivity index (χ1v) is 7.39. The maximum atomic E-state index is 12.6. The number of anilines is 1. The third-order valence-corrected chi connectivity index (χ3v) is 3.68. The van der Waals surface area contributed by atoms with Gasteiger partial charge in [0, 0.05) is 25.7 Å². The van der Waals surface area contributed by atoms with Crippen molar-refractivity contribution in [1.29, 1.82) is 0 Å². The summed E-state index contributed by atoms with van der Waals surface area (Å²) in [6, 6.07) is 0.768. The van der Waals surface area contributed by atoms with Gasteiger partial charge in [-0.15, -0.1) is 0 Å². The zero-order valence-corrected chi connectivity index (χ0v) is 12.8. The lowest BCUT2D eigenvalue weighted by Crippen LogP contribution is -2.20. The standard InChI is InChI=1S/C15H19F3N2O3/c1-22-12-7-13(15(16,17)18)19-8-11(12)20-14(21)5-4-10-3-2-6-23-9-10/h7-8,10H,2-6,9H2,1H3,(H,20,21)/t10-/m0/s1. The number of carbonyl (C=O) groups is 1. The van der Waals surface area contributed by atoms with E-state index in [2.05, 4.69) is 10.3 Å². The summed E-state index contributed by atoms with van der Waals surface area (Å²) in [7, 11) is 1.24. The van der Waals surface area contributed by atoms with Gasteiger partial charge < -0.3 is 14.8 Å². The maximum Gasteiger partial charge on any atom is 0.433 e. The molecule has 2 heterocycles. The molecule has 2 rings (SSSR count). The van der Waals surface area contributed by atoms with Crippen LogP contribution in [-0.2, 0) is 15.7 Å². The Hall–Kier alpha value is -1.83. The number of nitrogens with zero attached hydrogens (tertiary/aromatic N) is 1. The number of aromatic nitrogens is 1. The summed E-state index contributed by atoms with van der Waals surface area (Å²) < 4.78 is 48.1. The van der Waals surface area contributed by atoms with Crippen LogP contribution in [0.1, 0.15) is 31.4 Å². The fourth-order valence-corrected chi connectivity index (χ4v) is 2.44. The van der Waals surface area contributed by atoms with E-state index in [4.69, 9.17) is 9.47 Å². The van der Waals surface area contributed by atoms with Crippen molar-refractivity contribution in [2.24, 2.45) is 5.92 Å². The molecule has 0 radical (unpaired) electrons. The number of hydrogen-bond donors (Lipinski definition) is 1. The quantitative estimate of drug-likeness (QED) is 0.899. The number of nitrogens with one attached hydrogen (secondary N) is 1. The predicted octanol–water partition coefficient (Wildman–Crippen LogP) is 3.25. The second-order valence-electron chi connectivity index (χ2n) is 5.44. The molecule has 1 aromatic rings. The highest BCUT2D eigenvalue weighted by molar-refractivity contribution is 5.92. The molecule has 0 saturated carbocycles. The molecule has 1 aliphatic rings. The van der Waals surface area contributed by atoms with Crippen LogP contribution in [0.2, 0.25) is 0 Å². The second-order valence-corrected chi connectivity index (χ2v) is 5.44. The molecule has 1 atom stereocenters. The third-order valence-electron chi connectivity index (χ3n) is 3.68. The summed E-state index contributed by atoms with van der Waals surface area (Å²) in [4.78, 5) is 15.3. The summed E-state index contributed by atoms with van der Waals surface area (Å²) in [5.41, 5.74) is -0.933. The molecule has 0 unspecified atom stereocenters. The van der Waals surface area contributed by atoms with Crippen LogP contribution >= 0.6 is 0 Å². The van der Waals surface area contributed by atoms with E-state index in [9.17, 15) is 18.0 Å². The average molecular weight is 332 g/mol. The Morgan fingerprint density at radius 3 is 2.91 bits per heavy atom. The third kappa shape index (κ3) is 5.09. The summed E-state index contributed by atoms with van der Waals surface area (Å²) in [5.74, 6) is -0.000710. The minimum atomic E-state index is -4.56. The smallest absolute Gasteiger partial charge is 0.433 e. The van der Waals surface area contributed by atoms with Crippen molar-refractivity contribution in [3.63, 3.8) is 0 Å². The molecule has 1 amide bonds. The zero-order valence-electron chi connectivity index (χ0n) is 12.8. The average Bonchev–Trinajstić information content (AvgIpc) is 2.53. The number of rotatable bonds is 5. The van der Waals surface area contributed by atoms with E-state index in [1.807, 2.05) is 0 Å². The molecule has 1 N–H and O–H groups in total. The summed E-state index contributed by atoms with van der Waals surface area (Å²) in [6.45, 7) is 1.41. The van der Waals surface area contributed by atoms with Crippen LogP contribution < -0.4 is 10.1 Å². The Morgan fingerprint density at radius 2 is 2.30 bits per heavy atom. The Morgan fingerprint density at radius 1 is 1.52 bits per heavy atom. The SMILES string of the molecule is COc1cc(C(F)(F)F)ncc1NC(=O)CC[C@@H]1CCCOC1. The topological polar surface area (TPSA) is 60.5 Å². The van der Waals surface area contributed by atoms with Gasteiger partial charge in [0.2, 0.25) is 5.91 Å². The van der Waals surface area contributed by atoms with E-state index < -0.39 is 11.9 Å². The van der Waals surface area contributed by atoms with Crippen molar-refractivity contribution >= 4 is 11.6 Å². The van der Waals surface area contributed by atoms with Gasteiger partial charge in [-0.05, 0) is 25.2 Å². The summed E-state index contributed by atoms with van der Waals surface area (Å²) in [5, 5.41) is 2.55. The number of hydrogen-bond acceptors (Lipinski definition) is 4. The lowest BCUT2D eigenvalue weighted by Gasteiger charge is -2.21. The molecule has 1 aliphatic heterocycles. The van der Waals surface area contributed by atoms with Gasteiger partial charge >= 0.3 is 6.18 Å². The normalized spacial score (nSPS) is 18.5. The first-order chi connectivity index (χ1) is 10.9. The largest absolute Gasteiger partial charge is 0.494 e. The lowest BCUT2D eigenvalue weighted by molar-refractivity contribution is -0.141. The molecule has 0 bridgehead atoms. The molecule has 23 heavy (non-hydrogen) atoms. The molecule has 1 fully saturated rings. The fraction of sp³-hybridized carbons (Fsp3) is 0.600. The van der Waals surface area contributed by atoms with E-state index in [0.29, 0.717) is 18.9 Å². The molecule has 0 aromatic carbocycles. The molecular weight excluding hydrogens is 313 g/mol.